The molecule has 0 spiro atoms. The van der Waals surface area contributed by atoms with E-state index in [1.54, 1.807) is 22.7 Å². The van der Waals surface area contributed by atoms with E-state index >= 15 is 0 Å². The summed E-state index contributed by atoms with van der Waals surface area (Å²) < 4.78 is 7.34. The zero-order valence-electron chi connectivity index (χ0n) is 17.4. The Morgan fingerprint density at radius 1 is 0.938 bits per heavy atom. The van der Waals surface area contributed by atoms with Gasteiger partial charge in [0.2, 0.25) is 5.88 Å². The van der Waals surface area contributed by atoms with Crippen LogP contribution in [0.4, 0.5) is 5.82 Å². The van der Waals surface area contributed by atoms with E-state index in [9.17, 15) is 4.79 Å². The Morgan fingerprint density at radius 2 is 1.78 bits per heavy atom. The highest BCUT2D eigenvalue weighted by molar-refractivity contribution is 5.92. The van der Waals surface area contributed by atoms with Crippen LogP contribution < -0.4 is 15.0 Å². The van der Waals surface area contributed by atoms with Crippen molar-refractivity contribution < 1.29 is 9.53 Å². The molecule has 1 amide bonds. The lowest BCUT2D eigenvalue weighted by Crippen LogP contribution is -2.29. The van der Waals surface area contributed by atoms with Gasteiger partial charge in [0.15, 0.2) is 23.0 Å². The molecule has 1 fully saturated rings. The molecule has 1 N–H and O–H groups in total. The number of anilines is 1. The summed E-state index contributed by atoms with van der Waals surface area (Å²) in [5.74, 6) is 1.57. The highest BCUT2D eigenvalue weighted by atomic mass is 16.5. The van der Waals surface area contributed by atoms with Gasteiger partial charge in [-0.2, -0.15) is 4.52 Å². The van der Waals surface area contributed by atoms with Crippen LogP contribution >= 0.6 is 0 Å². The van der Waals surface area contributed by atoms with Crippen molar-refractivity contribution in [2.24, 2.45) is 0 Å². The van der Waals surface area contributed by atoms with Crippen molar-refractivity contribution in [2.75, 3.05) is 31.1 Å². The zero-order chi connectivity index (χ0) is 21.8. The average Bonchev–Trinajstić information content (AvgIpc) is 3.52. The van der Waals surface area contributed by atoms with Gasteiger partial charge in [0.1, 0.15) is 6.61 Å². The SMILES string of the molecule is O=C(NCCOc1ccc2nnc(-c3ccccc3)n2n1)c1ccc(N2CCCC2)nn1. The fourth-order valence-corrected chi connectivity index (χ4v) is 3.59. The Hall–Kier alpha value is -4.08. The van der Waals surface area contributed by atoms with E-state index in [0.29, 0.717) is 23.9 Å². The predicted octanol–water partition coefficient (Wildman–Crippen LogP) is 1.99. The van der Waals surface area contributed by atoms with Crippen LogP contribution in [0.5, 0.6) is 5.88 Å². The maximum Gasteiger partial charge on any atom is 0.271 e. The Morgan fingerprint density at radius 3 is 2.56 bits per heavy atom. The van der Waals surface area contributed by atoms with E-state index in [1.807, 2.05) is 36.4 Å². The van der Waals surface area contributed by atoms with Gasteiger partial charge in [0.25, 0.3) is 5.91 Å². The van der Waals surface area contributed by atoms with Crippen molar-refractivity contribution in [3.05, 3.63) is 60.3 Å². The highest BCUT2D eigenvalue weighted by Gasteiger charge is 2.15. The zero-order valence-corrected chi connectivity index (χ0v) is 17.4. The lowest BCUT2D eigenvalue weighted by molar-refractivity contribution is 0.0940. The number of rotatable bonds is 7. The summed E-state index contributed by atoms with van der Waals surface area (Å²) in [5, 5.41) is 23.8. The number of amides is 1. The molecule has 10 nitrogen and oxygen atoms in total. The molecule has 0 radical (unpaired) electrons. The monoisotopic (exact) mass is 430 g/mol. The van der Waals surface area contributed by atoms with Crippen molar-refractivity contribution in [1.29, 1.82) is 0 Å². The lowest BCUT2D eigenvalue weighted by Gasteiger charge is -2.15. The predicted molar refractivity (Wildman–Crippen MR) is 118 cm³/mol. The minimum Gasteiger partial charge on any atom is -0.475 e. The molecule has 162 valence electrons. The molecule has 0 unspecified atom stereocenters. The van der Waals surface area contributed by atoms with Gasteiger partial charge in [-0.25, -0.2) is 0 Å². The second kappa shape index (κ2) is 8.96. The third kappa shape index (κ3) is 4.20. The molecule has 0 aliphatic carbocycles. The topological polar surface area (TPSA) is 110 Å². The second-order valence-electron chi connectivity index (χ2n) is 7.41. The van der Waals surface area contributed by atoms with Crippen LogP contribution in [-0.4, -0.2) is 62.2 Å². The van der Waals surface area contributed by atoms with Crippen LogP contribution in [-0.2, 0) is 0 Å². The first-order valence-electron chi connectivity index (χ1n) is 10.6. The smallest absolute Gasteiger partial charge is 0.271 e. The summed E-state index contributed by atoms with van der Waals surface area (Å²) in [6.07, 6.45) is 2.33. The van der Waals surface area contributed by atoms with Gasteiger partial charge < -0.3 is 15.0 Å². The number of fused-ring (bicyclic) bond motifs is 1. The standard InChI is InChI=1S/C22H22N8O2/c31-22(17-8-9-18(25-24-17)29-13-4-5-14-29)23-12-15-32-20-11-10-19-26-27-21(30(19)28-20)16-6-2-1-3-7-16/h1-3,6-11H,4-5,12-15H2,(H,23,31). The maximum absolute atomic E-state index is 12.3. The summed E-state index contributed by atoms with van der Waals surface area (Å²) >= 11 is 0. The molecule has 5 rings (SSSR count). The van der Waals surface area contributed by atoms with Crippen LogP contribution in [0.25, 0.3) is 17.0 Å². The Labute approximate surface area is 184 Å². The third-order valence-electron chi connectivity index (χ3n) is 5.22. The summed E-state index contributed by atoms with van der Waals surface area (Å²) in [6, 6.07) is 16.8. The molecule has 3 aromatic heterocycles. The number of carbonyl (C=O) groups is 1. The molecule has 0 bridgehead atoms. The van der Waals surface area contributed by atoms with Gasteiger partial charge in [-0.15, -0.1) is 25.5 Å². The second-order valence-corrected chi connectivity index (χ2v) is 7.41. The molecular weight excluding hydrogens is 408 g/mol. The van der Waals surface area contributed by atoms with Crippen molar-refractivity contribution in [2.45, 2.75) is 12.8 Å². The summed E-state index contributed by atoms with van der Waals surface area (Å²) in [6.45, 7) is 2.53. The van der Waals surface area contributed by atoms with Crippen LogP contribution in [0.3, 0.4) is 0 Å². The number of ether oxygens (including phenoxy) is 1. The fraction of sp³-hybridized carbons (Fsp3) is 0.273. The number of hydrogen-bond acceptors (Lipinski definition) is 8. The minimum absolute atomic E-state index is 0.256. The normalized spacial score (nSPS) is 13.4. The third-order valence-corrected chi connectivity index (χ3v) is 5.22. The van der Waals surface area contributed by atoms with E-state index in [-0.39, 0.29) is 18.2 Å². The van der Waals surface area contributed by atoms with Gasteiger partial charge >= 0.3 is 0 Å². The van der Waals surface area contributed by atoms with Crippen LogP contribution in [0.1, 0.15) is 23.3 Å². The number of aromatic nitrogens is 6. The average molecular weight is 430 g/mol. The van der Waals surface area contributed by atoms with E-state index in [0.717, 1.165) is 37.3 Å². The van der Waals surface area contributed by atoms with Crippen molar-refractivity contribution in [3.63, 3.8) is 0 Å². The first-order chi connectivity index (χ1) is 15.8. The molecule has 0 atom stereocenters. The van der Waals surface area contributed by atoms with Crippen LogP contribution in [0.2, 0.25) is 0 Å². The molecule has 4 aromatic rings. The molecule has 0 saturated carbocycles. The first kappa shape index (κ1) is 19.9. The van der Waals surface area contributed by atoms with Gasteiger partial charge in [0.05, 0.1) is 6.54 Å². The highest BCUT2D eigenvalue weighted by Crippen LogP contribution is 2.19. The number of nitrogens with zero attached hydrogens (tertiary/aromatic N) is 7. The van der Waals surface area contributed by atoms with Gasteiger partial charge in [-0.3, -0.25) is 4.79 Å². The molecule has 32 heavy (non-hydrogen) atoms. The molecule has 10 heteroatoms. The fourth-order valence-electron chi connectivity index (χ4n) is 3.59. The first-order valence-corrected chi connectivity index (χ1v) is 10.6. The number of benzene rings is 1. The number of hydrogen-bond donors (Lipinski definition) is 1. The van der Waals surface area contributed by atoms with Gasteiger partial charge in [-0.1, -0.05) is 30.3 Å². The molecule has 1 saturated heterocycles. The summed E-state index contributed by atoms with van der Waals surface area (Å²) in [4.78, 5) is 14.5. The molecule has 4 heterocycles. The largest absolute Gasteiger partial charge is 0.475 e. The van der Waals surface area contributed by atoms with Crippen molar-refractivity contribution in [3.8, 4) is 17.3 Å². The van der Waals surface area contributed by atoms with E-state index in [4.69, 9.17) is 4.74 Å². The van der Waals surface area contributed by atoms with E-state index in [2.05, 4.69) is 35.7 Å². The minimum atomic E-state index is -0.289. The Bertz CT molecular complexity index is 1200. The lowest BCUT2D eigenvalue weighted by atomic mass is 10.2. The van der Waals surface area contributed by atoms with Crippen molar-refractivity contribution >= 4 is 17.4 Å². The van der Waals surface area contributed by atoms with E-state index in [1.165, 1.54) is 0 Å². The summed E-state index contributed by atoms with van der Waals surface area (Å²) in [7, 11) is 0. The van der Waals surface area contributed by atoms with Gasteiger partial charge in [0, 0.05) is 24.7 Å². The van der Waals surface area contributed by atoms with Crippen molar-refractivity contribution in [1.82, 2.24) is 35.3 Å². The quantitative estimate of drug-likeness (QED) is 0.443. The number of carbonyl (C=O) groups excluding carboxylic acids is 1. The Kier molecular flexibility index (Phi) is 5.56. The Balaban J connectivity index is 1.16. The number of nitrogens with one attached hydrogen (secondary N) is 1. The van der Waals surface area contributed by atoms with E-state index < -0.39 is 0 Å². The van der Waals surface area contributed by atoms with Gasteiger partial charge in [-0.05, 0) is 31.0 Å². The molecule has 1 aromatic carbocycles. The van der Waals surface area contributed by atoms with Crippen LogP contribution in [0.15, 0.2) is 54.6 Å². The van der Waals surface area contributed by atoms with Crippen LogP contribution in [0, 0.1) is 0 Å². The maximum atomic E-state index is 12.3. The molecular formula is C22H22N8O2. The molecule has 1 aliphatic heterocycles. The molecule has 1 aliphatic rings. The summed E-state index contributed by atoms with van der Waals surface area (Å²) in [5.41, 5.74) is 1.82.